The zero-order chi connectivity index (χ0) is 18.5. The molecule has 3 atom stereocenters. The van der Waals surface area contributed by atoms with Crippen LogP contribution in [0.3, 0.4) is 0 Å². The largest absolute Gasteiger partial charge is 0.459 e. The van der Waals surface area contributed by atoms with E-state index in [1.807, 2.05) is 0 Å². The number of likely N-dealkylation sites (tertiary alicyclic amines) is 1. The first-order valence-electron chi connectivity index (χ1n) is 8.13. The van der Waals surface area contributed by atoms with E-state index in [1.165, 1.54) is 23.3 Å². The second kappa shape index (κ2) is 5.97. The van der Waals surface area contributed by atoms with E-state index in [-0.39, 0.29) is 42.1 Å². The third-order valence-corrected chi connectivity index (χ3v) is 7.14. The van der Waals surface area contributed by atoms with Crippen LogP contribution in [-0.4, -0.2) is 60.4 Å². The average molecular weight is 379 g/mol. The summed E-state index contributed by atoms with van der Waals surface area (Å²) in [7, 11) is -3.41. The highest BCUT2D eigenvalue weighted by molar-refractivity contribution is 7.92. The van der Waals surface area contributed by atoms with Gasteiger partial charge in [-0.1, -0.05) is 5.16 Å². The van der Waals surface area contributed by atoms with Crippen molar-refractivity contribution in [3.05, 3.63) is 41.7 Å². The molecule has 1 N–H and O–H groups in total. The molecule has 9 nitrogen and oxygen atoms in total. The van der Waals surface area contributed by atoms with Crippen molar-refractivity contribution in [2.24, 2.45) is 5.92 Å². The number of carbonyl (C=O) groups excluding carboxylic acids is 2. The first-order chi connectivity index (χ1) is 12.3. The van der Waals surface area contributed by atoms with Crippen molar-refractivity contribution >= 4 is 21.7 Å². The molecule has 0 spiro atoms. The second-order valence-electron chi connectivity index (χ2n) is 6.62. The lowest BCUT2D eigenvalue weighted by Crippen LogP contribution is -2.42. The van der Waals surface area contributed by atoms with Gasteiger partial charge in [-0.2, -0.15) is 0 Å². The van der Waals surface area contributed by atoms with Gasteiger partial charge in [0, 0.05) is 31.1 Å². The van der Waals surface area contributed by atoms with Crippen LogP contribution in [0.4, 0.5) is 0 Å². The molecule has 2 fully saturated rings. The van der Waals surface area contributed by atoms with Crippen LogP contribution in [0.5, 0.6) is 0 Å². The summed E-state index contributed by atoms with van der Waals surface area (Å²) in [4.78, 5) is 26.2. The molecule has 2 amide bonds. The Labute approximate surface area is 149 Å². The van der Waals surface area contributed by atoms with Crippen LogP contribution in [0.15, 0.2) is 33.4 Å². The van der Waals surface area contributed by atoms with Crippen molar-refractivity contribution in [2.75, 3.05) is 18.8 Å². The maximum Gasteiger partial charge on any atom is 0.289 e. The Kier molecular flexibility index (Phi) is 3.87. The number of carbonyl (C=O) groups is 2. The third-order valence-electron chi connectivity index (χ3n) is 4.90. The first kappa shape index (κ1) is 16.8. The number of sulfone groups is 1. The molecule has 0 aromatic carbocycles. The van der Waals surface area contributed by atoms with Crippen LogP contribution < -0.4 is 5.32 Å². The Balaban J connectivity index is 1.51. The molecule has 2 saturated heterocycles. The molecule has 0 unspecified atom stereocenters. The zero-order valence-electron chi connectivity index (χ0n) is 13.9. The van der Waals surface area contributed by atoms with E-state index in [4.69, 9.17) is 8.94 Å². The maximum atomic E-state index is 12.5. The minimum Gasteiger partial charge on any atom is -0.459 e. The van der Waals surface area contributed by atoms with E-state index in [2.05, 4.69) is 10.5 Å². The van der Waals surface area contributed by atoms with Crippen molar-refractivity contribution in [3.63, 3.8) is 0 Å². The molecule has 0 saturated carbocycles. The lowest BCUT2D eigenvalue weighted by molar-refractivity contribution is 0.0752. The van der Waals surface area contributed by atoms with E-state index in [1.54, 1.807) is 13.0 Å². The lowest BCUT2D eigenvalue weighted by Gasteiger charge is -2.20. The Bertz CT molecular complexity index is 949. The fourth-order valence-corrected chi connectivity index (χ4v) is 5.94. The molecule has 10 heteroatoms. The van der Waals surface area contributed by atoms with Gasteiger partial charge in [0.15, 0.2) is 21.3 Å². The van der Waals surface area contributed by atoms with Crippen molar-refractivity contribution in [1.82, 2.24) is 15.4 Å². The minimum absolute atomic E-state index is 0.0992. The highest BCUT2D eigenvalue weighted by Crippen LogP contribution is 2.35. The molecular weight excluding hydrogens is 362 g/mol. The van der Waals surface area contributed by atoms with E-state index in [0.29, 0.717) is 5.76 Å². The average Bonchev–Trinajstić information content (AvgIpc) is 3.34. The Morgan fingerprint density at radius 3 is 2.81 bits per heavy atom. The number of fused-ring (bicyclic) bond motifs is 1. The second-order valence-corrected chi connectivity index (χ2v) is 8.89. The van der Waals surface area contributed by atoms with Gasteiger partial charge < -0.3 is 19.2 Å². The predicted octanol–water partition coefficient (Wildman–Crippen LogP) is 0.244. The Hall–Kier alpha value is -2.62. The molecule has 0 radical (unpaired) electrons. The molecule has 4 heterocycles. The van der Waals surface area contributed by atoms with Gasteiger partial charge in [0.25, 0.3) is 11.8 Å². The van der Waals surface area contributed by atoms with Gasteiger partial charge in [-0.05, 0) is 19.1 Å². The summed E-state index contributed by atoms with van der Waals surface area (Å²) in [5.74, 6) is -0.691. The van der Waals surface area contributed by atoms with E-state index >= 15 is 0 Å². The van der Waals surface area contributed by atoms with Crippen LogP contribution >= 0.6 is 0 Å². The Morgan fingerprint density at radius 1 is 1.35 bits per heavy atom. The molecule has 0 aliphatic carbocycles. The van der Waals surface area contributed by atoms with Gasteiger partial charge in [-0.25, -0.2) is 8.42 Å². The number of hydrogen-bond acceptors (Lipinski definition) is 7. The van der Waals surface area contributed by atoms with Crippen molar-refractivity contribution < 1.29 is 26.9 Å². The summed E-state index contributed by atoms with van der Waals surface area (Å²) >= 11 is 0. The molecule has 4 rings (SSSR count). The SMILES string of the molecule is Cc1cc(C(=O)N[C@@H]2CS(=O)(=O)[C@H]3CN(C(=O)c4ccco4)C[C@@H]23)no1. The van der Waals surface area contributed by atoms with Crippen LogP contribution in [0.25, 0.3) is 0 Å². The quantitative estimate of drug-likeness (QED) is 0.810. The molecule has 26 heavy (non-hydrogen) atoms. The number of nitrogens with zero attached hydrogens (tertiary/aromatic N) is 2. The third kappa shape index (κ3) is 2.79. The summed E-state index contributed by atoms with van der Waals surface area (Å²) < 4.78 is 34.9. The van der Waals surface area contributed by atoms with Gasteiger partial charge in [-0.3, -0.25) is 9.59 Å². The minimum atomic E-state index is -3.41. The zero-order valence-corrected chi connectivity index (χ0v) is 14.7. The van der Waals surface area contributed by atoms with Crippen LogP contribution in [-0.2, 0) is 9.84 Å². The topological polar surface area (TPSA) is 123 Å². The number of furan rings is 1. The lowest BCUT2D eigenvalue weighted by atomic mass is 10.0. The number of hydrogen-bond donors (Lipinski definition) is 1. The van der Waals surface area contributed by atoms with Crippen LogP contribution in [0.1, 0.15) is 26.8 Å². The van der Waals surface area contributed by atoms with E-state index < -0.39 is 27.0 Å². The van der Waals surface area contributed by atoms with Crippen LogP contribution in [0, 0.1) is 12.8 Å². The molecule has 0 bridgehead atoms. The van der Waals surface area contributed by atoms with Gasteiger partial charge in [0.05, 0.1) is 17.3 Å². The summed E-state index contributed by atoms with van der Waals surface area (Å²) in [5.41, 5.74) is 0.102. The molecule has 2 aromatic heterocycles. The fraction of sp³-hybridized carbons (Fsp3) is 0.438. The molecular formula is C16H17N3O6S. The van der Waals surface area contributed by atoms with Crippen molar-refractivity contribution in [2.45, 2.75) is 18.2 Å². The first-order valence-corrected chi connectivity index (χ1v) is 9.85. The fourth-order valence-electron chi connectivity index (χ4n) is 3.65. The summed E-state index contributed by atoms with van der Waals surface area (Å²) in [6.45, 7) is 2.00. The van der Waals surface area contributed by atoms with Crippen molar-refractivity contribution in [1.29, 1.82) is 0 Å². The van der Waals surface area contributed by atoms with Gasteiger partial charge in [-0.15, -0.1) is 0 Å². The highest BCUT2D eigenvalue weighted by Gasteiger charge is 2.53. The standard InChI is InChI=1S/C16H17N3O6S/c1-9-5-11(18-25-9)15(20)17-12-8-26(22,23)14-7-19(6-10(12)14)16(21)13-3-2-4-24-13/h2-5,10,12,14H,6-8H2,1H3,(H,17,20)/t10-,12+,14-/m0/s1. The number of rotatable bonds is 3. The molecule has 2 aliphatic heterocycles. The van der Waals surface area contributed by atoms with Crippen LogP contribution in [0.2, 0.25) is 0 Å². The maximum absolute atomic E-state index is 12.5. The highest BCUT2D eigenvalue weighted by atomic mass is 32.2. The monoisotopic (exact) mass is 379 g/mol. The summed E-state index contributed by atoms with van der Waals surface area (Å²) in [6.07, 6.45) is 1.39. The number of aromatic nitrogens is 1. The number of aryl methyl sites for hydroxylation is 1. The summed E-state index contributed by atoms with van der Waals surface area (Å²) in [5, 5.41) is 5.68. The van der Waals surface area contributed by atoms with Gasteiger partial charge in [0.2, 0.25) is 0 Å². The van der Waals surface area contributed by atoms with E-state index in [9.17, 15) is 18.0 Å². The predicted molar refractivity (Wildman–Crippen MR) is 88.2 cm³/mol. The van der Waals surface area contributed by atoms with E-state index in [0.717, 1.165) is 0 Å². The molecule has 2 aliphatic rings. The van der Waals surface area contributed by atoms with Crippen molar-refractivity contribution in [3.8, 4) is 0 Å². The number of nitrogens with one attached hydrogen (secondary N) is 1. The normalized spacial score (nSPS) is 26.7. The smallest absolute Gasteiger partial charge is 0.289 e. The van der Waals surface area contributed by atoms with Gasteiger partial charge in [0.1, 0.15) is 5.76 Å². The molecule has 2 aromatic rings. The summed E-state index contributed by atoms with van der Waals surface area (Å²) in [6, 6.07) is 4.04. The van der Waals surface area contributed by atoms with Gasteiger partial charge >= 0.3 is 0 Å². The Morgan fingerprint density at radius 2 is 2.15 bits per heavy atom. The number of amides is 2. The molecule has 138 valence electrons.